The molecule has 0 atom stereocenters. The summed E-state index contributed by atoms with van der Waals surface area (Å²) in [6, 6.07) is 7.69. The smallest absolute Gasteiger partial charge is 0.0837 e. The van der Waals surface area contributed by atoms with Crippen LogP contribution in [0.5, 0.6) is 0 Å². The van der Waals surface area contributed by atoms with Gasteiger partial charge in [-0.15, -0.1) is 0 Å². The summed E-state index contributed by atoms with van der Waals surface area (Å²) in [4.78, 5) is 0. The van der Waals surface area contributed by atoms with Crippen LogP contribution in [0.25, 0.3) is 0 Å². The molecular formula is C9H12N2O. The topological polar surface area (TPSA) is 44.6 Å². The van der Waals surface area contributed by atoms with Crippen molar-refractivity contribution in [2.45, 2.75) is 6.92 Å². The van der Waals surface area contributed by atoms with Crippen molar-refractivity contribution in [2.75, 3.05) is 12.4 Å². The normalized spacial score (nSPS) is 11.3. The van der Waals surface area contributed by atoms with Crippen LogP contribution in [-0.4, -0.2) is 18.0 Å². The molecule has 0 fully saturated rings. The van der Waals surface area contributed by atoms with E-state index in [1.165, 1.54) is 0 Å². The first kappa shape index (κ1) is 8.59. The van der Waals surface area contributed by atoms with Gasteiger partial charge < -0.3 is 10.5 Å². The SMILES string of the molecule is CNc1cccc(/C(C)=N\O)c1. The Morgan fingerprint density at radius 1 is 1.50 bits per heavy atom. The van der Waals surface area contributed by atoms with E-state index in [1.54, 1.807) is 6.92 Å². The number of rotatable bonds is 2. The molecule has 3 heteroatoms. The highest BCUT2D eigenvalue weighted by Crippen LogP contribution is 2.10. The number of hydrogen-bond donors (Lipinski definition) is 2. The number of nitrogens with zero attached hydrogens (tertiary/aromatic N) is 1. The minimum absolute atomic E-state index is 0.618. The molecule has 0 aliphatic rings. The Bertz CT molecular complexity index is 294. The van der Waals surface area contributed by atoms with Gasteiger partial charge in [0, 0.05) is 18.3 Å². The van der Waals surface area contributed by atoms with Crippen molar-refractivity contribution in [1.82, 2.24) is 0 Å². The molecule has 0 aromatic heterocycles. The Hall–Kier alpha value is -1.51. The van der Waals surface area contributed by atoms with Gasteiger partial charge in [0.1, 0.15) is 0 Å². The lowest BCUT2D eigenvalue weighted by Crippen LogP contribution is -1.96. The van der Waals surface area contributed by atoms with Crippen molar-refractivity contribution in [3.05, 3.63) is 29.8 Å². The van der Waals surface area contributed by atoms with Gasteiger partial charge in [-0.05, 0) is 19.1 Å². The second-order valence-electron chi connectivity index (χ2n) is 2.52. The summed E-state index contributed by atoms with van der Waals surface area (Å²) in [5.41, 5.74) is 2.55. The maximum Gasteiger partial charge on any atom is 0.0837 e. The predicted octanol–water partition coefficient (Wildman–Crippen LogP) is 1.93. The molecule has 3 nitrogen and oxygen atoms in total. The van der Waals surface area contributed by atoms with E-state index in [0.29, 0.717) is 5.71 Å². The average molecular weight is 164 g/mol. The molecule has 0 amide bonds. The summed E-state index contributed by atoms with van der Waals surface area (Å²) in [6.07, 6.45) is 0. The molecule has 0 aliphatic heterocycles. The number of nitrogens with one attached hydrogen (secondary N) is 1. The fraction of sp³-hybridized carbons (Fsp3) is 0.222. The van der Waals surface area contributed by atoms with Crippen LogP contribution in [-0.2, 0) is 0 Å². The first-order chi connectivity index (χ1) is 5.77. The highest BCUT2D eigenvalue weighted by atomic mass is 16.4. The van der Waals surface area contributed by atoms with Crippen molar-refractivity contribution in [2.24, 2.45) is 5.16 Å². The summed E-state index contributed by atoms with van der Waals surface area (Å²) in [7, 11) is 1.85. The van der Waals surface area contributed by atoms with E-state index < -0.39 is 0 Å². The Labute approximate surface area is 71.7 Å². The van der Waals surface area contributed by atoms with Gasteiger partial charge in [0.2, 0.25) is 0 Å². The Balaban J connectivity index is 3.02. The standard InChI is InChI=1S/C9H12N2O/c1-7(11-12)8-4-3-5-9(6-8)10-2/h3-6,10,12H,1-2H3/b11-7-. The second-order valence-corrected chi connectivity index (χ2v) is 2.52. The molecule has 0 aliphatic carbocycles. The number of hydrogen-bond acceptors (Lipinski definition) is 3. The van der Waals surface area contributed by atoms with E-state index in [-0.39, 0.29) is 0 Å². The number of benzene rings is 1. The predicted molar refractivity (Wildman–Crippen MR) is 50.0 cm³/mol. The van der Waals surface area contributed by atoms with Crippen LogP contribution >= 0.6 is 0 Å². The van der Waals surface area contributed by atoms with Crippen LogP contribution in [0.15, 0.2) is 29.4 Å². The lowest BCUT2D eigenvalue weighted by molar-refractivity contribution is 0.319. The summed E-state index contributed by atoms with van der Waals surface area (Å²) in [6.45, 7) is 1.76. The van der Waals surface area contributed by atoms with Gasteiger partial charge in [-0.1, -0.05) is 17.3 Å². The van der Waals surface area contributed by atoms with Gasteiger partial charge in [0.25, 0.3) is 0 Å². The van der Waals surface area contributed by atoms with Gasteiger partial charge in [-0.2, -0.15) is 0 Å². The molecule has 0 saturated heterocycles. The summed E-state index contributed by atoms with van der Waals surface area (Å²) >= 11 is 0. The molecular weight excluding hydrogens is 152 g/mol. The van der Waals surface area contributed by atoms with E-state index in [1.807, 2.05) is 31.3 Å². The van der Waals surface area contributed by atoms with Crippen LogP contribution in [0.2, 0.25) is 0 Å². The van der Waals surface area contributed by atoms with Gasteiger partial charge >= 0.3 is 0 Å². The van der Waals surface area contributed by atoms with Gasteiger partial charge in [-0.3, -0.25) is 0 Å². The summed E-state index contributed by atoms with van der Waals surface area (Å²) in [5.74, 6) is 0. The molecule has 0 bridgehead atoms. The molecule has 0 unspecified atom stereocenters. The number of anilines is 1. The van der Waals surface area contributed by atoms with Gasteiger partial charge in [0.05, 0.1) is 5.71 Å². The van der Waals surface area contributed by atoms with Crippen molar-refractivity contribution in [1.29, 1.82) is 0 Å². The lowest BCUT2D eigenvalue weighted by Gasteiger charge is -2.02. The fourth-order valence-corrected chi connectivity index (χ4v) is 0.957. The van der Waals surface area contributed by atoms with Crippen molar-refractivity contribution >= 4 is 11.4 Å². The maximum absolute atomic E-state index is 8.52. The Kier molecular flexibility index (Phi) is 2.69. The Morgan fingerprint density at radius 2 is 2.25 bits per heavy atom. The zero-order valence-electron chi connectivity index (χ0n) is 7.20. The quantitative estimate of drug-likeness (QED) is 0.398. The summed E-state index contributed by atoms with van der Waals surface area (Å²) in [5, 5.41) is 14.7. The average Bonchev–Trinajstić information content (AvgIpc) is 2.17. The largest absolute Gasteiger partial charge is 0.411 e. The summed E-state index contributed by atoms with van der Waals surface area (Å²) < 4.78 is 0. The Morgan fingerprint density at radius 3 is 2.83 bits per heavy atom. The van der Waals surface area contributed by atoms with Crippen LogP contribution in [0, 0.1) is 0 Å². The van der Waals surface area contributed by atoms with E-state index in [2.05, 4.69) is 10.5 Å². The minimum Gasteiger partial charge on any atom is -0.411 e. The van der Waals surface area contributed by atoms with Crippen LogP contribution in [0.4, 0.5) is 5.69 Å². The van der Waals surface area contributed by atoms with Crippen LogP contribution < -0.4 is 5.32 Å². The van der Waals surface area contributed by atoms with Gasteiger partial charge in [0.15, 0.2) is 0 Å². The molecule has 0 radical (unpaired) electrons. The molecule has 1 aromatic carbocycles. The molecule has 0 spiro atoms. The van der Waals surface area contributed by atoms with Gasteiger partial charge in [-0.25, -0.2) is 0 Å². The van der Waals surface area contributed by atoms with E-state index in [0.717, 1.165) is 11.3 Å². The van der Waals surface area contributed by atoms with Crippen molar-refractivity contribution < 1.29 is 5.21 Å². The first-order valence-corrected chi connectivity index (χ1v) is 3.74. The third-order valence-corrected chi connectivity index (χ3v) is 1.72. The zero-order valence-corrected chi connectivity index (χ0v) is 7.20. The second kappa shape index (κ2) is 3.76. The molecule has 2 N–H and O–H groups in total. The first-order valence-electron chi connectivity index (χ1n) is 3.74. The van der Waals surface area contributed by atoms with Crippen LogP contribution in [0.1, 0.15) is 12.5 Å². The lowest BCUT2D eigenvalue weighted by atomic mass is 10.1. The highest BCUT2D eigenvalue weighted by molar-refractivity contribution is 5.98. The molecule has 0 saturated carbocycles. The zero-order chi connectivity index (χ0) is 8.97. The van der Waals surface area contributed by atoms with E-state index in [4.69, 9.17) is 5.21 Å². The van der Waals surface area contributed by atoms with Crippen molar-refractivity contribution in [3.63, 3.8) is 0 Å². The minimum atomic E-state index is 0.618. The third-order valence-electron chi connectivity index (χ3n) is 1.72. The molecule has 64 valence electrons. The van der Waals surface area contributed by atoms with Crippen molar-refractivity contribution in [3.8, 4) is 0 Å². The maximum atomic E-state index is 8.52. The van der Waals surface area contributed by atoms with E-state index >= 15 is 0 Å². The number of oxime groups is 1. The molecule has 1 rings (SSSR count). The monoisotopic (exact) mass is 164 g/mol. The molecule has 1 aromatic rings. The van der Waals surface area contributed by atoms with Crippen LogP contribution in [0.3, 0.4) is 0 Å². The fourth-order valence-electron chi connectivity index (χ4n) is 0.957. The molecule has 12 heavy (non-hydrogen) atoms. The third kappa shape index (κ3) is 1.75. The van der Waals surface area contributed by atoms with E-state index in [9.17, 15) is 0 Å². The highest BCUT2D eigenvalue weighted by Gasteiger charge is 1.97. The molecule has 0 heterocycles.